The van der Waals surface area contributed by atoms with E-state index in [4.69, 9.17) is 19.9 Å². The van der Waals surface area contributed by atoms with Crippen molar-refractivity contribution < 1.29 is 19.9 Å². The van der Waals surface area contributed by atoms with Crippen molar-refractivity contribution in [2.45, 2.75) is 0 Å². The Morgan fingerprint density at radius 3 is 2.12 bits per heavy atom. The van der Waals surface area contributed by atoms with Gasteiger partial charge in [0.25, 0.3) is 0 Å². The predicted molar refractivity (Wildman–Crippen MR) is 63.4 cm³/mol. The molecule has 2 N–H and O–H groups in total. The summed E-state index contributed by atoms with van der Waals surface area (Å²) in [7, 11) is 0. The number of aliphatic hydroxyl groups excluding tert-OH is 2. The molecule has 0 aromatic heterocycles. The summed E-state index contributed by atoms with van der Waals surface area (Å²) in [5.74, 6) is 0. The lowest BCUT2D eigenvalue weighted by Crippen LogP contribution is -2.22. The first-order valence-electron chi connectivity index (χ1n) is 5.37. The third-order valence-corrected chi connectivity index (χ3v) is 1.81. The molecule has 1 aromatic rings. The van der Waals surface area contributed by atoms with Gasteiger partial charge in [-0.05, 0) is 11.6 Å². The monoisotopic (exact) mass is 239 g/mol. The molecule has 5 nitrogen and oxygen atoms in total. The van der Waals surface area contributed by atoms with Crippen molar-refractivity contribution in [3.8, 4) is 0 Å². The van der Waals surface area contributed by atoms with Gasteiger partial charge in [-0.25, -0.2) is 9.68 Å². The van der Waals surface area contributed by atoms with Crippen molar-refractivity contribution in [2.75, 3.05) is 26.4 Å². The number of benzene rings is 1. The van der Waals surface area contributed by atoms with Gasteiger partial charge < -0.3 is 10.2 Å². The molecule has 0 heterocycles. The maximum atomic E-state index is 8.65. The lowest BCUT2D eigenvalue weighted by Gasteiger charge is -2.17. The lowest BCUT2D eigenvalue weighted by molar-refractivity contribution is -0.339. The molecular formula is C12H17NO4. The van der Waals surface area contributed by atoms with E-state index in [1.807, 2.05) is 30.3 Å². The first-order chi connectivity index (χ1) is 8.36. The first-order valence-corrected chi connectivity index (χ1v) is 5.37. The van der Waals surface area contributed by atoms with Crippen LogP contribution >= 0.6 is 0 Å². The van der Waals surface area contributed by atoms with E-state index in [0.717, 1.165) is 10.8 Å². The van der Waals surface area contributed by atoms with Gasteiger partial charge in [0.15, 0.2) is 0 Å². The highest BCUT2D eigenvalue weighted by atomic mass is 16.9. The van der Waals surface area contributed by atoms with E-state index < -0.39 is 0 Å². The van der Waals surface area contributed by atoms with Crippen LogP contribution in [-0.4, -0.2) is 41.9 Å². The zero-order chi connectivity index (χ0) is 12.3. The highest BCUT2D eigenvalue weighted by molar-refractivity contribution is 5.47. The fraction of sp³-hybridized carbons (Fsp3) is 0.333. The molecule has 0 fully saturated rings. The second kappa shape index (κ2) is 8.72. The molecule has 17 heavy (non-hydrogen) atoms. The van der Waals surface area contributed by atoms with Crippen LogP contribution in [0.1, 0.15) is 5.56 Å². The molecule has 1 aromatic carbocycles. The maximum absolute atomic E-state index is 8.65. The van der Waals surface area contributed by atoms with E-state index in [0.29, 0.717) is 0 Å². The summed E-state index contributed by atoms with van der Waals surface area (Å²) >= 11 is 0. The second-order valence-electron chi connectivity index (χ2n) is 3.13. The molecular weight excluding hydrogens is 222 g/mol. The number of nitrogens with zero attached hydrogens (tertiary/aromatic N) is 1. The van der Waals surface area contributed by atoms with Crippen LogP contribution in [0.4, 0.5) is 0 Å². The summed E-state index contributed by atoms with van der Waals surface area (Å²) in [6.45, 7) is 0.0610. The Morgan fingerprint density at radius 2 is 1.59 bits per heavy atom. The van der Waals surface area contributed by atoms with E-state index >= 15 is 0 Å². The summed E-state index contributed by atoms with van der Waals surface area (Å²) in [5, 5.41) is 18.4. The minimum atomic E-state index is -0.0990. The summed E-state index contributed by atoms with van der Waals surface area (Å²) in [6.07, 6.45) is 3.38. The van der Waals surface area contributed by atoms with Gasteiger partial charge in [0.1, 0.15) is 13.2 Å². The fourth-order valence-corrected chi connectivity index (χ4v) is 1.10. The smallest absolute Gasteiger partial charge is 0.101 e. The van der Waals surface area contributed by atoms with Gasteiger partial charge in [0, 0.05) is 0 Å². The van der Waals surface area contributed by atoms with Crippen molar-refractivity contribution in [2.24, 2.45) is 0 Å². The molecule has 0 radical (unpaired) electrons. The van der Waals surface area contributed by atoms with Gasteiger partial charge in [-0.1, -0.05) is 30.3 Å². The van der Waals surface area contributed by atoms with E-state index in [-0.39, 0.29) is 26.4 Å². The van der Waals surface area contributed by atoms with Crippen molar-refractivity contribution in [3.05, 3.63) is 42.1 Å². The van der Waals surface area contributed by atoms with Crippen molar-refractivity contribution in [1.82, 2.24) is 5.23 Å². The van der Waals surface area contributed by atoms with Crippen LogP contribution in [0.5, 0.6) is 0 Å². The van der Waals surface area contributed by atoms with Crippen LogP contribution in [0, 0.1) is 0 Å². The molecule has 0 aliphatic heterocycles. The third kappa shape index (κ3) is 6.03. The van der Waals surface area contributed by atoms with Gasteiger partial charge in [0.2, 0.25) is 0 Å². The Bertz CT molecular complexity index is 308. The van der Waals surface area contributed by atoms with E-state index in [2.05, 4.69) is 0 Å². The topological polar surface area (TPSA) is 62.2 Å². The zero-order valence-electron chi connectivity index (χ0n) is 9.53. The number of hydroxylamine groups is 2. The fourth-order valence-electron chi connectivity index (χ4n) is 1.10. The van der Waals surface area contributed by atoms with Crippen molar-refractivity contribution in [1.29, 1.82) is 0 Å². The molecule has 0 aliphatic carbocycles. The van der Waals surface area contributed by atoms with Gasteiger partial charge in [-0.15, -0.1) is 5.23 Å². The Labute approximate surface area is 100 Å². The summed E-state index contributed by atoms with van der Waals surface area (Å²) < 4.78 is 0. The summed E-state index contributed by atoms with van der Waals surface area (Å²) in [6, 6.07) is 9.65. The maximum Gasteiger partial charge on any atom is 0.101 e. The Hall–Kier alpha value is -1.40. The SMILES string of the molecule is OCCON(C=Cc1ccccc1)OCCO. The average molecular weight is 239 g/mol. The van der Waals surface area contributed by atoms with Gasteiger partial charge in [0.05, 0.1) is 19.4 Å². The van der Waals surface area contributed by atoms with Crippen LogP contribution in [0.3, 0.4) is 0 Å². The number of hydrogen-bond acceptors (Lipinski definition) is 5. The molecule has 0 aliphatic rings. The van der Waals surface area contributed by atoms with Crippen LogP contribution < -0.4 is 0 Å². The minimum Gasteiger partial charge on any atom is -0.394 e. The van der Waals surface area contributed by atoms with Gasteiger partial charge in [-0.3, -0.25) is 0 Å². The van der Waals surface area contributed by atoms with Crippen LogP contribution in [0.2, 0.25) is 0 Å². The molecule has 94 valence electrons. The Morgan fingerprint density at radius 1 is 1.00 bits per heavy atom. The third-order valence-electron chi connectivity index (χ3n) is 1.81. The molecule has 0 unspecified atom stereocenters. The lowest BCUT2D eigenvalue weighted by atomic mass is 10.2. The van der Waals surface area contributed by atoms with Crippen molar-refractivity contribution >= 4 is 6.08 Å². The van der Waals surface area contributed by atoms with E-state index in [1.54, 1.807) is 12.3 Å². The Kier molecular flexibility index (Phi) is 7.01. The molecule has 0 saturated heterocycles. The standard InChI is InChI=1S/C12H17NO4/c14-8-10-16-13(17-11-9-15)7-6-12-4-2-1-3-5-12/h1-7,14-15H,8-11H2. The van der Waals surface area contributed by atoms with E-state index in [1.165, 1.54) is 0 Å². The summed E-state index contributed by atoms with van der Waals surface area (Å²) in [5.41, 5.74) is 0.998. The largest absolute Gasteiger partial charge is 0.394 e. The zero-order valence-corrected chi connectivity index (χ0v) is 9.53. The predicted octanol–water partition coefficient (Wildman–Crippen LogP) is 0.807. The minimum absolute atomic E-state index is 0.0990. The van der Waals surface area contributed by atoms with E-state index in [9.17, 15) is 0 Å². The highest BCUT2D eigenvalue weighted by Crippen LogP contribution is 2.03. The first kappa shape index (κ1) is 13.7. The highest BCUT2D eigenvalue weighted by Gasteiger charge is 1.99. The summed E-state index contributed by atoms with van der Waals surface area (Å²) in [4.78, 5) is 10.2. The molecule has 0 spiro atoms. The van der Waals surface area contributed by atoms with Crippen molar-refractivity contribution in [3.63, 3.8) is 0 Å². The molecule has 5 heteroatoms. The Balaban J connectivity index is 2.49. The quantitative estimate of drug-likeness (QED) is 0.657. The molecule has 0 amide bonds. The van der Waals surface area contributed by atoms with Gasteiger partial charge >= 0.3 is 0 Å². The van der Waals surface area contributed by atoms with Crippen LogP contribution in [0.15, 0.2) is 36.5 Å². The van der Waals surface area contributed by atoms with Crippen LogP contribution in [0.25, 0.3) is 6.08 Å². The number of hydrogen-bond donors (Lipinski definition) is 2. The number of aliphatic hydroxyl groups is 2. The number of rotatable bonds is 8. The molecule has 1 rings (SSSR count). The molecule has 0 atom stereocenters. The molecule has 0 saturated carbocycles. The average Bonchev–Trinajstić information content (AvgIpc) is 2.39. The van der Waals surface area contributed by atoms with Gasteiger partial charge in [-0.2, -0.15) is 0 Å². The van der Waals surface area contributed by atoms with Crippen LogP contribution in [-0.2, 0) is 9.68 Å². The molecule has 0 bridgehead atoms. The normalized spacial score (nSPS) is 10.9. The second-order valence-corrected chi connectivity index (χ2v) is 3.13.